The van der Waals surface area contributed by atoms with E-state index < -0.39 is 0 Å². The molecular weight excluding hydrogens is 560 g/mol. The first kappa shape index (κ1) is 27.6. The number of allylic oxidation sites excluding steroid dienone is 1. The zero-order valence-electron chi connectivity index (χ0n) is 25.3. The van der Waals surface area contributed by atoms with Crippen LogP contribution in [0.4, 0.5) is 5.69 Å². The van der Waals surface area contributed by atoms with Crippen molar-refractivity contribution in [1.82, 2.24) is 4.57 Å². The van der Waals surface area contributed by atoms with Gasteiger partial charge in [0.05, 0.1) is 11.4 Å². The SMILES string of the molecule is O=C(C1=C(c2ccccc2)c2c(n(Cc3ccccc3)c3ccccc23)C(c2ccccc2)N1c1ccccc1)c1ccccc1. The van der Waals surface area contributed by atoms with Gasteiger partial charge in [0, 0.05) is 39.8 Å². The number of benzene rings is 6. The van der Waals surface area contributed by atoms with Crippen LogP contribution < -0.4 is 4.90 Å². The van der Waals surface area contributed by atoms with Crippen molar-refractivity contribution in [3.05, 3.63) is 215 Å². The predicted molar refractivity (Wildman–Crippen MR) is 188 cm³/mol. The van der Waals surface area contributed by atoms with Gasteiger partial charge in [-0.15, -0.1) is 0 Å². The summed E-state index contributed by atoms with van der Waals surface area (Å²) >= 11 is 0. The summed E-state index contributed by atoms with van der Waals surface area (Å²) in [5.74, 6) is -0.00484. The highest BCUT2D eigenvalue weighted by Crippen LogP contribution is 2.51. The molecule has 1 atom stereocenters. The summed E-state index contributed by atoms with van der Waals surface area (Å²) in [6.07, 6.45) is 0. The van der Waals surface area contributed by atoms with Crippen molar-refractivity contribution in [3.8, 4) is 0 Å². The average Bonchev–Trinajstić information content (AvgIpc) is 3.45. The molecular formula is C43H32N2O. The minimum atomic E-state index is -0.273. The summed E-state index contributed by atoms with van der Waals surface area (Å²) in [6, 6.07) is 60.1. The molecule has 0 amide bonds. The molecule has 0 fully saturated rings. The first-order chi connectivity index (χ1) is 22.8. The lowest BCUT2D eigenvalue weighted by Gasteiger charge is -2.41. The monoisotopic (exact) mass is 592 g/mol. The fourth-order valence-electron chi connectivity index (χ4n) is 6.94. The molecule has 0 saturated heterocycles. The molecule has 0 N–H and O–H groups in total. The Kier molecular flexibility index (Phi) is 7.12. The molecule has 1 unspecified atom stereocenters. The molecule has 220 valence electrons. The van der Waals surface area contributed by atoms with E-state index in [2.05, 4.69) is 143 Å². The summed E-state index contributed by atoms with van der Waals surface area (Å²) < 4.78 is 2.47. The number of para-hydroxylation sites is 2. The molecule has 2 heterocycles. The lowest BCUT2D eigenvalue weighted by Crippen LogP contribution is -2.38. The molecule has 0 saturated carbocycles. The first-order valence-corrected chi connectivity index (χ1v) is 15.7. The van der Waals surface area contributed by atoms with E-state index >= 15 is 4.79 Å². The maximum atomic E-state index is 15.1. The molecule has 0 spiro atoms. The summed E-state index contributed by atoms with van der Waals surface area (Å²) in [6.45, 7) is 0.701. The zero-order valence-corrected chi connectivity index (χ0v) is 25.3. The van der Waals surface area contributed by atoms with Crippen LogP contribution in [-0.4, -0.2) is 10.4 Å². The molecule has 1 aromatic heterocycles. The highest BCUT2D eigenvalue weighted by Gasteiger charge is 2.42. The summed E-state index contributed by atoms with van der Waals surface area (Å²) in [7, 11) is 0. The van der Waals surface area contributed by atoms with Crippen molar-refractivity contribution >= 4 is 27.9 Å². The predicted octanol–water partition coefficient (Wildman–Crippen LogP) is 9.94. The van der Waals surface area contributed by atoms with Crippen LogP contribution in [0.3, 0.4) is 0 Å². The van der Waals surface area contributed by atoms with E-state index in [0.29, 0.717) is 17.8 Å². The average molecular weight is 593 g/mol. The minimum Gasteiger partial charge on any atom is -0.337 e. The van der Waals surface area contributed by atoms with Crippen molar-refractivity contribution in [2.24, 2.45) is 0 Å². The van der Waals surface area contributed by atoms with Crippen molar-refractivity contribution in [2.45, 2.75) is 12.6 Å². The number of anilines is 1. The fraction of sp³-hybridized carbons (Fsp3) is 0.0465. The Morgan fingerprint density at radius 1 is 0.565 bits per heavy atom. The molecule has 6 aromatic carbocycles. The van der Waals surface area contributed by atoms with Crippen LogP contribution in [0.5, 0.6) is 0 Å². The second kappa shape index (κ2) is 11.9. The molecule has 0 radical (unpaired) electrons. The van der Waals surface area contributed by atoms with Gasteiger partial charge < -0.3 is 9.47 Å². The number of hydrogen-bond donors (Lipinski definition) is 0. The van der Waals surface area contributed by atoms with Gasteiger partial charge in [-0.05, 0) is 34.9 Å². The van der Waals surface area contributed by atoms with Crippen LogP contribution in [-0.2, 0) is 6.54 Å². The van der Waals surface area contributed by atoms with Gasteiger partial charge in [0.1, 0.15) is 6.04 Å². The van der Waals surface area contributed by atoms with Gasteiger partial charge >= 0.3 is 0 Å². The molecule has 1 aliphatic rings. The van der Waals surface area contributed by atoms with Crippen LogP contribution in [0, 0.1) is 0 Å². The molecule has 46 heavy (non-hydrogen) atoms. The van der Waals surface area contributed by atoms with Gasteiger partial charge in [-0.2, -0.15) is 0 Å². The van der Waals surface area contributed by atoms with Crippen molar-refractivity contribution in [1.29, 1.82) is 0 Å². The third-order valence-corrected chi connectivity index (χ3v) is 8.90. The van der Waals surface area contributed by atoms with E-state index in [-0.39, 0.29) is 11.8 Å². The Balaban J connectivity index is 1.56. The maximum absolute atomic E-state index is 15.1. The number of aromatic nitrogens is 1. The van der Waals surface area contributed by atoms with E-state index in [0.717, 1.165) is 38.9 Å². The number of Topliss-reactive ketones (excluding diaryl/α,β-unsaturated/α-hetero) is 1. The summed E-state index contributed by atoms with van der Waals surface area (Å²) in [5, 5.41) is 1.14. The second-order valence-corrected chi connectivity index (χ2v) is 11.7. The molecule has 7 aromatic rings. The van der Waals surface area contributed by atoms with E-state index in [4.69, 9.17) is 0 Å². The molecule has 8 rings (SSSR count). The molecule has 3 heteroatoms. The Morgan fingerprint density at radius 2 is 1.11 bits per heavy atom. The lowest BCUT2D eigenvalue weighted by molar-refractivity contribution is 0.103. The third kappa shape index (κ3) is 4.74. The van der Waals surface area contributed by atoms with Crippen LogP contribution >= 0.6 is 0 Å². The van der Waals surface area contributed by atoms with E-state index in [1.807, 2.05) is 42.5 Å². The van der Waals surface area contributed by atoms with Crippen LogP contribution in [0.2, 0.25) is 0 Å². The number of hydrogen-bond acceptors (Lipinski definition) is 2. The summed E-state index contributed by atoms with van der Waals surface area (Å²) in [5.41, 5.74) is 10.0. The second-order valence-electron chi connectivity index (χ2n) is 11.7. The standard InChI is InChI=1S/C43H32N2O/c46-43(34-24-12-4-13-25-34)42-38(32-20-8-2-9-21-32)39-36-28-16-17-29-37(36)44(30-31-18-6-1-7-19-31)41(39)40(33-22-10-3-11-23-33)45(42)35-26-14-5-15-27-35/h1-29,40H,30H2. The number of fused-ring (bicyclic) bond motifs is 3. The minimum absolute atomic E-state index is 0.00484. The Bertz CT molecular complexity index is 2170. The van der Waals surface area contributed by atoms with Crippen molar-refractivity contribution in [3.63, 3.8) is 0 Å². The zero-order chi connectivity index (χ0) is 30.9. The van der Waals surface area contributed by atoms with E-state index in [1.54, 1.807) is 0 Å². The number of rotatable bonds is 7. The lowest BCUT2D eigenvalue weighted by atomic mass is 9.82. The molecule has 3 nitrogen and oxygen atoms in total. The van der Waals surface area contributed by atoms with Gasteiger partial charge in [-0.25, -0.2) is 0 Å². The van der Waals surface area contributed by atoms with Gasteiger partial charge in [-0.3, -0.25) is 4.79 Å². The van der Waals surface area contributed by atoms with Crippen LogP contribution in [0.15, 0.2) is 182 Å². The third-order valence-electron chi connectivity index (χ3n) is 8.90. The van der Waals surface area contributed by atoms with Crippen molar-refractivity contribution in [2.75, 3.05) is 4.90 Å². The Labute approximate surface area is 269 Å². The summed E-state index contributed by atoms with van der Waals surface area (Å²) in [4.78, 5) is 17.4. The maximum Gasteiger partial charge on any atom is 0.210 e. The van der Waals surface area contributed by atoms with Crippen molar-refractivity contribution < 1.29 is 4.79 Å². The smallest absolute Gasteiger partial charge is 0.210 e. The van der Waals surface area contributed by atoms with Gasteiger partial charge in [0.25, 0.3) is 0 Å². The topological polar surface area (TPSA) is 25.2 Å². The fourth-order valence-corrected chi connectivity index (χ4v) is 6.94. The number of ketones is 1. The highest BCUT2D eigenvalue weighted by atomic mass is 16.1. The molecule has 1 aliphatic heterocycles. The molecule has 0 aliphatic carbocycles. The molecule has 0 bridgehead atoms. The van der Waals surface area contributed by atoms with Crippen LogP contribution in [0.1, 0.15) is 44.3 Å². The number of nitrogens with zero attached hydrogens (tertiary/aromatic N) is 2. The van der Waals surface area contributed by atoms with E-state index in [9.17, 15) is 0 Å². The van der Waals surface area contributed by atoms with Gasteiger partial charge in [-0.1, -0.05) is 158 Å². The number of carbonyl (C=O) groups is 1. The highest BCUT2D eigenvalue weighted by molar-refractivity contribution is 6.20. The quantitative estimate of drug-likeness (QED) is 0.172. The van der Waals surface area contributed by atoms with Gasteiger partial charge in [0.2, 0.25) is 5.78 Å². The van der Waals surface area contributed by atoms with E-state index in [1.165, 1.54) is 11.3 Å². The Morgan fingerprint density at radius 3 is 1.78 bits per heavy atom. The Hall–Kier alpha value is -5.93. The van der Waals surface area contributed by atoms with Crippen LogP contribution in [0.25, 0.3) is 16.5 Å². The largest absolute Gasteiger partial charge is 0.337 e. The normalized spacial score (nSPS) is 14.3. The van der Waals surface area contributed by atoms with Gasteiger partial charge in [0.15, 0.2) is 0 Å². The first-order valence-electron chi connectivity index (χ1n) is 15.7. The number of carbonyl (C=O) groups excluding carboxylic acids is 1.